The second-order valence-corrected chi connectivity index (χ2v) is 35.8. The summed E-state index contributed by atoms with van der Waals surface area (Å²) in [5.41, 5.74) is 27.2. The van der Waals surface area contributed by atoms with Crippen LogP contribution in [0.5, 0.6) is 0 Å². The van der Waals surface area contributed by atoms with Gasteiger partial charge in [0.1, 0.15) is 53.5 Å². The number of anilines is 5. The predicted octanol–water partition coefficient (Wildman–Crippen LogP) is 7.46. The number of oxazole rings is 1. The predicted molar refractivity (Wildman–Crippen MR) is 489 cm³/mol. The molecule has 4 fully saturated rings. The number of ether oxygens (including phenoxy) is 6. The number of nitrogen functional groups attached to an aromatic ring is 3. The molecule has 1 aliphatic carbocycles. The van der Waals surface area contributed by atoms with Crippen LogP contribution < -0.4 is 37.6 Å². The molecule has 0 spiro atoms. The van der Waals surface area contributed by atoms with Crippen LogP contribution in [0.2, 0.25) is 0 Å². The molecule has 12 N–H and O–H groups in total. The van der Waals surface area contributed by atoms with Gasteiger partial charge in [-0.2, -0.15) is 15.1 Å². The van der Waals surface area contributed by atoms with Crippen LogP contribution >= 0.6 is 0 Å². The third-order valence-electron chi connectivity index (χ3n) is 26.3. The van der Waals surface area contributed by atoms with Gasteiger partial charge in [0.05, 0.1) is 73.4 Å². The highest BCUT2D eigenvalue weighted by atomic mass is 16.6. The van der Waals surface area contributed by atoms with Crippen molar-refractivity contribution in [3.63, 3.8) is 0 Å². The Morgan fingerprint density at radius 1 is 0.748 bits per heavy atom. The summed E-state index contributed by atoms with van der Waals surface area (Å²) < 4.78 is 43.5. The number of aromatic nitrogens is 9. The number of cyclic esters (lactones) is 1. The summed E-state index contributed by atoms with van der Waals surface area (Å²) in [4.78, 5) is 128. The van der Waals surface area contributed by atoms with Gasteiger partial charge in [0, 0.05) is 141 Å². The monoisotopic (exact) mass is 1810 g/mol. The van der Waals surface area contributed by atoms with E-state index in [9.17, 15) is 49.2 Å². The number of amides is 4. The summed E-state index contributed by atoms with van der Waals surface area (Å²) >= 11 is 0. The average Bonchev–Trinajstić information content (AvgIpc) is 1.34. The topological polar surface area (TPSA) is 497 Å². The maximum atomic E-state index is 14.8. The van der Waals surface area contributed by atoms with E-state index in [1.807, 2.05) is 102 Å². The number of rotatable bonds is 23. The number of carbonyl (C=O) groups is 6. The summed E-state index contributed by atoms with van der Waals surface area (Å²) in [6.45, 7) is 16.6. The number of aliphatic hydroxyl groups excluding tert-OH is 3. The molecule has 131 heavy (non-hydrogen) atoms. The lowest BCUT2D eigenvalue weighted by Crippen LogP contribution is -2.61. The van der Waals surface area contributed by atoms with Crippen LogP contribution in [0.25, 0.3) is 33.4 Å². The van der Waals surface area contributed by atoms with E-state index in [0.29, 0.717) is 172 Å². The lowest BCUT2D eigenvalue weighted by molar-refractivity contribution is -0.265. The Bertz CT molecular complexity index is 5310. The minimum absolute atomic E-state index is 0.0127. The number of Topliss-reactive ketones (excluding diaryl/α,β-unsaturated/α-hetero) is 1. The maximum Gasteiger partial charge on any atom is 0.329 e. The number of nitrogens with zero attached hydrogens (tertiary/aromatic N) is 14. The first-order chi connectivity index (χ1) is 63.0. The van der Waals surface area contributed by atoms with Crippen molar-refractivity contribution < 1.29 is 86.9 Å². The molecule has 10 heterocycles. The van der Waals surface area contributed by atoms with Gasteiger partial charge in [0.2, 0.25) is 23.6 Å². The second-order valence-electron chi connectivity index (χ2n) is 35.8. The zero-order valence-electron chi connectivity index (χ0n) is 76.5. The second kappa shape index (κ2) is 44.8. The molecule has 16 atom stereocenters. The third-order valence-corrected chi connectivity index (χ3v) is 26.3. The summed E-state index contributed by atoms with van der Waals surface area (Å²) in [6.07, 6.45) is 16.9. The number of nitrogens with one attached hydrogen (secondary N) is 2. The Morgan fingerprint density at radius 2 is 1.52 bits per heavy atom. The number of benzene rings is 2. The first-order valence-corrected chi connectivity index (χ1v) is 45.5. The van der Waals surface area contributed by atoms with E-state index in [0.717, 1.165) is 27.8 Å². The minimum atomic E-state index is -2.47. The Kier molecular flexibility index (Phi) is 33.2. The van der Waals surface area contributed by atoms with Crippen molar-refractivity contribution in [2.24, 2.45) is 40.7 Å². The summed E-state index contributed by atoms with van der Waals surface area (Å²) in [7, 11) is 4.59. The molecule has 37 nitrogen and oxygen atoms in total. The van der Waals surface area contributed by atoms with Crippen molar-refractivity contribution in [1.82, 2.24) is 65.1 Å². The largest absolute Gasteiger partial charge is 0.460 e. The number of methoxy groups -OCH3 is 3. The van der Waals surface area contributed by atoms with Crippen molar-refractivity contribution in [2.75, 3.05) is 114 Å². The lowest BCUT2D eigenvalue weighted by Gasteiger charge is -2.43. The molecule has 706 valence electrons. The first kappa shape index (κ1) is 97.2. The van der Waals surface area contributed by atoms with Crippen LogP contribution in [0.4, 0.5) is 29.5 Å². The molecule has 1 saturated carbocycles. The van der Waals surface area contributed by atoms with Crippen LogP contribution in [-0.2, 0) is 83.3 Å². The molecule has 0 unspecified atom stereocenters. The Morgan fingerprint density at radius 3 is 2.27 bits per heavy atom. The Hall–Kier alpha value is -11.3. The van der Waals surface area contributed by atoms with Gasteiger partial charge >= 0.3 is 5.97 Å². The fourth-order valence-corrected chi connectivity index (χ4v) is 18.5. The van der Waals surface area contributed by atoms with Gasteiger partial charge in [-0.25, -0.2) is 34.4 Å². The van der Waals surface area contributed by atoms with Gasteiger partial charge in [0.15, 0.2) is 17.8 Å². The van der Waals surface area contributed by atoms with Gasteiger partial charge in [-0.1, -0.05) is 94.4 Å². The van der Waals surface area contributed by atoms with Gasteiger partial charge in [-0.05, 0) is 148 Å². The van der Waals surface area contributed by atoms with Crippen molar-refractivity contribution in [1.29, 1.82) is 0 Å². The summed E-state index contributed by atoms with van der Waals surface area (Å²) in [6, 6.07) is 10.6. The van der Waals surface area contributed by atoms with Crippen molar-refractivity contribution in [3.8, 4) is 11.3 Å². The van der Waals surface area contributed by atoms with Gasteiger partial charge in [-0.15, -0.1) is 0 Å². The highest BCUT2D eigenvalue weighted by molar-refractivity contribution is 6.39. The fourth-order valence-electron chi connectivity index (χ4n) is 18.5. The van der Waals surface area contributed by atoms with Crippen LogP contribution in [0.15, 0.2) is 118 Å². The number of carbonyl (C=O) groups excluding carboxylic acids is 6. The number of ketones is 1. The van der Waals surface area contributed by atoms with Gasteiger partial charge in [-0.3, -0.25) is 24.0 Å². The lowest BCUT2D eigenvalue weighted by atomic mass is 9.78. The molecule has 0 radical (unpaired) electrons. The number of allylic oxidation sites excluding steroid dienone is 5. The molecule has 5 aliphatic heterocycles. The van der Waals surface area contributed by atoms with E-state index in [1.54, 1.807) is 59.5 Å². The number of fused-ring (bicyclic) bond motifs is 6. The van der Waals surface area contributed by atoms with E-state index < -0.39 is 108 Å². The number of nitrogens with two attached hydrogens (primary N) is 3. The van der Waals surface area contributed by atoms with E-state index in [4.69, 9.17) is 60.0 Å². The van der Waals surface area contributed by atoms with Crippen LogP contribution in [0.3, 0.4) is 0 Å². The zero-order valence-corrected chi connectivity index (χ0v) is 76.5. The van der Waals surface area contributed by atoms with Gasteiger partial charge < -0.3 is 106 Å². The Balaban J connectivity index is 0.577. The fraction of sp³-hybridized carbons (Fsp3) is 0.564. The molecule has 5 aromatic heterocycles. The van der Waals surface area contributed by atoms with Crippen molar-refractivity contribution in [3.05, 3.63) is 137 Å². The van der Waals surface area contributed by atoms with Crippen LogP contribution in [-0.4, -0.2) is 264 Å². The molecule has 37 heteroatoms. The van der Waals surface area contributed by atoms with E-state index in [1.165, 1.54) is 24.5 Å². The van der Waals surface area contributed by atoms with Crippen molar-refractivity contribution in [2.45, 2.75) is 219 Å². The van der Waals surface area contributed by atoms with Crippen LogP contribution in [0, 0.1) is 35.5 Å². The maximum absolute atomic E-state index is 14.8. The number of piperidine rings is 1. The van der Waals surface area contributed by atoms with E-state index >= 15 is 0 Å². The molecule has 6 aliphatic rings. The van der Waals surface area contributed by atoms with Gasteiger partial charge in [0.25, 0.3) is 29.5 Å². The number of hydrogen-bond donors (Lipinski definition) is 9. The van der Waals surface area contributed by atoms with E-state index in [2.05, 4.69) is 56.7 Å². The summed E-state index contributed by atoms with van der Waals surface area (Å²) in [5.74, 6) is -7.37. The zero-order chi connectivity index (χ0) is 93.3. The SMILES string of the molecule is CO[C@H]1C[C@@H]2CC[C@@H](C)[C@@](O)(O2)C(=O)C(=O)N2CCCC[C@H]2C(=O)O[C@H]([C@H](C)C[C@@H]2CC[C@@H](O)[C@H](OC)C2)C[C@@H](O)[C@H](C)/C=C(\C)[C@@H](O)[C@@H](OC)C(=NOCC(=O)NCc2cnc(N3CCN(c4ncc(C(=O)NCCOCCC(=O)N5CCc6cc(Cn7nc(-c8ccc9oc(N)nc9c8)c8c(N)ncnc87)ccc6C5)c(N)n4)CC3)nc2)[C@H](C)C[C@H](C)/C=C/C=C/C=C/1C. The normalized spacial score (nSPS) is 28.0. The quantitative estimate of drug-likeness (QED) is 0.00985. The van der Waals surface area contributed by atoms with Crippen LogP contribution in [0.1, 0.15) is 165 Å². The number of hydrogen-bond acceptors (Lipinski definition) is 32. The smallest absolute Gasteiger partial charge is 0.329 e. The number of aliphatic hydroxyl groups is 4. The Labute approximate surface area is 762 Å². The molecule has 4 amide bonds. The van der Waals surface area contributed by atoms with Crippen molar-refractivity contribution >= 4 is 92.8 Å². The molecular weight excluding hydrogens is 1680 g/mol. The number of esters is 1. The molecular formula is C94H127N19O18. The standard InChI is InChI=1S/C94H127N19O18/c1-54-16-12-11-13-17-55(2)74(124-8)44-67-24-19-60(7)94(123,131-67)84(119)89(121)112-30-15-14-18-70(112)90(122)129-75(57(4)40-61-21-25-71(114)76(42-61)125-9)45-72(115)56(3)39-59(6)82(118)83(126-10)80(58(5)38-54)108-128-52-77(116)99-46-63-47-100-92(101-48-63)109-32-34-110(35-33-109)93-102-49-68(85(95)106-93)88(120)98-29-37-127-36-28-78(117)111-31-27-64-41-62(20-22-66(64)51-111)50-113-87-79(86(96)103-53-104-87)81(107-113)65-23-26-73-69(43-65)105-91(97)130-73/h11-13,16-17,20,22-23,26,39,41,43,47-49,53-54,56-58,60-61,67,70-72,74-76,82-83,114-115,118,123H,14-15,18-19,21,24-25,27-38,40,42,44-46,50-52H2,1-10H3,(H2,97,105)(H,98,120)(H,99,116)(H2,95,102,106)(H2,96,103,104)/b13-11+,16-12+,55-17+,59-39+,108-80?/t54-,56-,57-,58-,60-,61+,67+,70+,71-,72-,74+,75+,76-,82-,83+,94-/m1/s1. The highest BCUT2D eigenvalue weighted by Gasteiger charge is 2.53. The molecule has 2 aromatic carbocycles. The average molecular weight is 1810 g/mol. The summed E-state index contributed by atoms with van der Waals surface area (Å²) in [5, 5.41) is 63.3. The highest BCUT2D eigenvalue weighted by Crippen LogP contribution is 2.40. The number of oxime groups is 1. The first-order valence-electron chi connectivity index (χ1n) is 45.5. The molecule has 7 aromatic rings. The van der Waals surface area contributed by atoms with E-state index in [-0.39, 0.29) is 106 Å². The minimum Gasteiger partial charge on any atom is -0.460 e. The molecule has 13 rings (SSSR count). The number of piperazine rings is 1. The molecule has 3 saturated heterocycles. The third kappa shape index (κ3) is 24.2. The molecule has 2 bridgehead atoms.